The van der Waals surface area contributed by atoms with E-state index < -0.39 is 36.0 Å². The zero-order valence-corrected chi connectivity index (χ0v) is 28.2. The molecule has 2 rings (SSSR count). The van der Waals surface area contributed by atoms with E-state index in [4.69, 9.17) is 4.84 Å². The van der Waals surface area contributed by atoms with Crippen LogP contribution >= 0.6 is 0 Å². The molecule has 12 heteroatoms. The summed E-state index contributed by atoms with van der Waals surface area (Å²) in [5.41, 5.74) is 0.563. The van der Waals surface area contributed by atoms with Crippen molar-refractivity contribution in [3.63, 3.8) is 0 Å². The number of rotatable bonds is 13. The SMILES string of the molecule is CON(C)C(=O)c1ccccc1NC(=O)[C@@H]1CCCN1C(=O)[C@H](C(C)C)N(C)C(=O)C(NC(=O)[C@H](C(C)C)N(C)C)C(C)C. The van der Waals surface area contributed by atoms with Crippen LogP contribution in [0.1, 0.15) is 64.7 Å². The van der Waals surface area contributed by atoms with Crippen LogP contribution in [0.2, 0.25) is 0 Å². The first-order valence-electron chi connectivity index (χ1n) is 15.3. The van der Waals surface area contributed by atoms with E-state index in [2.05, 4.69) is 10.6 Å². The lowest BCUT2D eigenvalue weighted by molar-refractivity contribution is -0.150. The molecule has 12 nitrogen and oxygen atoms in total. The molecular weight excluding hydrogens is 564 g/mol. The van der Waals surface area contributed by atoms with E-state index in [-0.39, 0.29) is 41.0 Å². The molecule has 1 aromatic carbocycles. The monoisotopic (exact) mass is 616 g/mol. The zero-order chi connectivity index (χ0) is 33.5. The molecule has 246 valence electrons. The van der Waals surface area contributed by atoms with Gasteiger partial charge in [-0.1, -0.05) is 53.7 Å². The first-order chi connectivity index (χ1) is 20.5. The minimum Gasteiger partial charge on any atom is -0.343 e. The fourth-order valence-corrected chi connectivity index (χ4v) is 5.86. The van der Waals surface area contributed by atoms with Gasteiger partial charge in [-0.25, -0.2) is 5.06 Å². The molecule has 1 aromatic rings. The van der Waals surface area contributed by atoms with E-state index in [1.54, 1.807) is 31.3 Å². The molecule has 0 spiro atoms. The number of hydrogen-bond donors (Lipinski definition) is 2. The Labute approximate surface area is 262 Å². The molecule has 0 bridgehead atoms. The second kappa shape index (κ2) is 16.0. The maximum absolute atomic E-state index is 14.1. The number of nitrogens with zero attached hydrogens (tertiary/aromatic N) is 4. The number of likely N-dealkylation sites (N-methyl/N-ethyl adjacent to an activating group) is 2. The third kappa shape index (κ3) is 8.56. The molecule has 0 radical (unpaired) electrons. The number of amides is 5. The van der Waals surface area contributed by atoms with Crippen LogP contribution in [0.5, 0.6) is 0 Å². The highest BCUT2D eigenvalue weighted by molar-refractivity contribution is 6.05. The molecule has 4 atom stereocenters. The summed E-state index contributed by atoms with van der Waals surface area (Å²) in [4.78, 5) is 77.3. The van der Waals surface area contributed by atoms with Crippen molar-refractivity contribution in [1.82, 2.24) is 25.1 Å². The van der Waals surface area contributed by atoms with Gasteiger partial charge in [0.1, 0.15) is 18.1 Å². The highest BCUT2D eigenvalue weighted by Gasteiger charge is 2.42. The van der Waals surface area contributed by atoms with Gasteiger partial charge in [0.05, 0.1) is 24.4 Å². The van der Waals surface area contributed by atoms with Crippen LogP contribution in [-0.2, 0) is 24.0 Å². The number of carbonyl (C=O) groups excluding carboxylic acids is 5. The first kappa shape index (κ1) is 36.7. The molecule has 1 fully saturated rings. The summed E-state index contributed by atoms with van der Waals surface area (Å²) >= 11 is 0. The summed E-state index contributed by atoms with van der Waals surface area (Å²) in [6.45, 7) is 11.7. The predicted octanol–water partition coefficient (Wildman–Crippen LogP) is 2.46. The Morgan fingerprint density at radius 1 is 0.886 bits per heavy atom. The van der Waals surface area contributed by atoms with Gasteiger partial charge in [0.25, 0.3) is 5.91 Å². The van der Waals surface area contributed by atoms with Gasteiger partial charge in [-0.05, 0) is 56.8 Å². The number of benzene rings is 1. The van der Waals surface area contributed by atoms with Gasteiger partial charge in [-0.15, -0.1) is 0 Å². The van der Waals surface area contributed by atoms with Crippen LogP contribution in [-0.4, -0.2) is 115 Å². The van der Waals surface area contributed by atoms with Crippen molar-refractivity contribution in [1.29, 1.82) is 0 Å². The van der Waals surface area contributed by atoms with Crippen molar-refractivity contribution in [2.45, 2.75) is 78.6 Å². The van der Waals surface area contributed by atoms with E-state index in [1.807, 2.05) is 60.5 Å². The Balaban J connectivity index is 2.29. The van der Waals surface area contributed by atoms with Crippen LogP contribution in [0.25, 0.3) is 0 Å². The lowest BCUT2D eigenvalue weighted by atomic mass is 9.96. The zero-order valence-electron chi connectivity index (χ0n) is 28.2. The summed E-state index contributed by atoms with van der Waals surface area (Å²) in [7, 11) is 8.08. The van der Waals surface area contributed by atoms with E-state index in [1.165, 1.54) is 24.0 Å². The van der Waals surface area contributed by atoms with E-state index in [9.17, 15) is 24.0 Å². The van der Waals surface area contributed by atoms with Gasteiger partial charge >= 0.3 is 0 Å². The van der Waals surface area contributed by atoms with Crippen LogP contribution < -0.4 is 10.6 Å². The van der Waals surface area contributed by atoms with Crippen LogP contribution in [0.3, 0.4) is 0 Å². The maximum atomic E-state index is 14.1. The highest BCUT2D eigenvalue weighted by atomic mass is 16.7. The Kier molecular flexibility index (Phi) is 13.3. The van der Waals surface area contributed by atoms with Crippen LogP contribution in [0, 0.1) is 17.8 Å². The topological polar surface area (TPSA) is 132 Å². The Morgan fingerprint density at radius 2 is 1.48 bits per heavy atom. The number of anilines is 1. The second-order valence-corrected chi connectivity index (χ2v) is 12.7. The predicted molar refractivity (Wildman–Crippen MR) is 169 cm³/mol. The van der Waals surface area contributed by atoms with E-state index in [0.717, 1.165) is 5.06 Å². The maximum Gasteiger partial charge on any atom is 0.279 e. The number of nitrogens with one attached hydrogen (secondary N) is 2. The standard InChI is InChI=1S/C32H52N6O6/c1-19(2)25(34-29(40)26(20(3)4)35(7)8)31(42)36(9)27(21(5)6)32(43)38-18-14-17-24(38)28(39)33-23-16-13-12-15-22(23)30(41)37(10)44-11/h12-13,15-16,19-21,24-27H,14,17-18H2,1-11H3,(H,33,39)(H,34,40)/t24-,25?,26-,27-/m0/s1. The molecule has 5 amide bonds. The van der Waals surface area contributed by atoms with Crippen molar-refractivity contribution < 1.29 is 28.8 Å². The fraction of sp³-hybridized carbons (Fsp3) is 0.656. The summed E-state index contributed by atoms with van der Waals surface area (Å²) in [5.74, 6) is -2.25. The molecule has 2 N–H and O–H groups in total. The minimum atomic E-state index is -0.854. The van der Waals surface area contributed by atoms with Gasteiger partial charge in [-0.3, -0.25) is 33.7 Å². The smallest absolute Gasteiger partial charge is 0.279 e. The Morgan fingerprint density at radius 3 is 2.00 bits per heavy atom. The summed E-state index contributed by atoms with van der Waals surface area (Å²) in [6.07, 6.45) is 1.06. The lowest BCUT2D eigenvalue weighted by Crippen LogP contribution is -2.60. The number of likely N-dealkylation sites (tertiary alicyclic amines) is 1. The van der Waals surface area contributed by atoms with Crippen molar-refractivity contribution in [3.05, 3.63) is 29.8 Å². The Bertz CT molecular complexity index is 1180. The summed E-state index contributed by atoms with van der Waals surface area (Å²) in [6, 6.07) is 3.73. The van der Waals surface area contributed by atoms with Gasteiger partial charge < -0.3 is 20.4 Å². The average Bonchev–Trinajstić information content (AvgIpc) is 3.44. The normalized spacial score (nSPS) is 17.1. The molecule has 1 aliphatic heterocycles. The van der Waals surface area contributed by atoms with Crippen LogP contribution in [0.15, 0.2) is 24.3 Å². The van der Waals surface area contributed by atoms with Gasteiger partial charge in [0.15, 0.2) is 0 Å². The number of hydroxylamine groups is 2. The molecule has 44 heavy (non-hydrogen) atoms. The van der Waals surface area contributed by atoms with Gasteiger partial charge in [0.2, 0.25) is 23.6 Å². The van der Waals surface area contributed by atoms with Crippen molar-refractivity contribution in [2.75, 3.05) is 47.2 Å². The van der Waals surface area contributed by atoms with Gasteiger partial charge in [-0.2, -0.15) is 0 Å². The van der Waals surface area contributed by atoms with Crippen molar-refractivity contribution >= 4 is 35.2 Å². The van der Waals surface area contributed by atoms with Gasteiger partial charge in [0, 0.05) is 20.6 Å². The third-order valence-corrected chi connectivity index (χ3v) is 8.15. The molecule has 1 saturated heterocycles. The second-order valence-electron chi connectivity index (χ2n) is 12.7. The number of hydrogen-bond acceptors (Lipinski definition) is 7. The van der Waals surface area contributed by atoms with Crippen LogP contribution in [0.4, 0.5) is 5.69 Å². The number of carbonyl (C=O) groups is 5. The first-order valence-corrected chi connectivity index (χ1v) is 15.3. The highest BCUT2D eigenvalue weighted by Crippen LogP contribution is 2.26. The molecular formula is C32H52N6O6. The molecule has 1 heterocycles. The summed E-state index contributed by atoms with van der Waals surface area (Å²) < 4.78 is 0. The van der Waals surface area contributed by atoms with Crippen molar-refractivity contribution in [2.24, 2.45) is 17.8 Å². The molecule has 1 aliphatic rings. The fourth-order valence-electron chi connectivity index (χ4n) is 5.86. The van der Waals surface area contributed by atoms with E-state index >= 15 is 0 Å². The molecule has 1 unspecified atom stereocenters. The largest absolute Gasteiger partial charge is 0.343 e. The molecule has 0 saturated carbocycles. The molecule has 0 aliphatic carbocycles. The number of para-hydroxylation sites is 1. The minimum absolute atomic E-state index is 0.0276. The molecule has 0 aromatic heterocycles. The summed E-state index contributed by atoms with van der Waals surface area (Å²) in [5, 5.41) is 6.84. The Hall–Kier alpha value is -3.51. The van der Waals surface area contributed by atoms with E-state index in [0.29, 0.717) is 25.1 Å². The third-order valence-electron chi connectivity index (χ3n) is 8.15. The average molecular weight is 617 g/mol. The van der Waals surface area contributed by atoms with Crippen molar-refractivity contribution in [3.8, 4) is 0 Å². The quantitative estimate of drug-likeness (QED) is 0.326. The lowest BCUT2D eigenvalue weighted by Gasteiger charge is -2.38.